The van der Waals surface area contributed by atoms with Crippen molar-refractivity contribution in [1.29, 1.82) is 0 Å². The van der Waals surface area contributed by atoms with Gasteiger partial charge < -0.3 is 0 Å². The van der Waals surface area contributed by atoms with E-state index in [0.29, 0.717) is 0 Å². The maximum Gasteiger partial charge on any atom is 0.0750 e. The van der Waals surface area contributed by atoms with Crippen molar-refractivity contribution in [3.05, 3.63) is 0 Å². The third kappa shape index (κ3) is 4.08. The van der Waals surface area contributed by atoms with Crippen LogP contribution in [0.1, 0.15) is 97.8 Å². The highest BCUT2D eigenvalue weighted by Gasteiger charge is 2.44. The van der Waals surface area contributed by atoms with Gasteiger partial charge in [0.2, 0.25) is 0 Å². The van der Waals surface area contributed by atoms with E-state index in [4.69, 9.17) is 7.85 Å². The van der Waals surface area contributed by atoms with Gasteiger partial charge in [0.15, 0.2) is 0 Å². The van der Waals surface area contributed by atoms with Crippen molar-refractivity contribution in [3.63, 3.8) is 0 Å². The van der Waals surface area contributed by atoms with Gasteiger partial charge in [-0.1, -0.05) is 96.7 Å². The van der Waals surface area contributed by atoms with Crippen LogP contribution in [0.3, 0.4) is 0 Å². The lowest BCUT2D eigenvalue weighted by Crippen LogP contribution is -2.36. The number of rotatable bonds is 5. The Bertz CT molecular complexity index is 300. The average molecular weight is 288 g/mol. The van der Waals surface area contributed by atoms with E-state index >= 15 is 0 Å². The van der Waals surface area contributed by atoms with Crippen LogP contribution in [0, 0.1) is 23.7 Å². The molecule has 0 aromatic rings. The lowest BCUT2D eigenvalue weighted by Gasteiger charge is -2.47. The van der Waals surface area contributed by atoms with E-state index in [9.17, 15) is 0 Å². The van der Waals surface area contributed by atoms with Gasteiger partial charge in [0.05, 0.1) is 7.85 Å². The molecule has 120 valence electrons. The third-order valence-electron chi connectivity index (χ3n) is 6.84. The van der Waals surface area contributed by atoms with E-state index in [1.807, 2.05) is 0 Å². The van der Waals surface area contributed by atoms with E-state index in [1.54, 1.807) is 0 Å². The van der Waals surface area contributed by atoms with Crippen molar-refractivity contribution in [1.82, 2.24) is 0 Å². The van der Waals surface area contributed by atoms with Crippen LogP contribution >= 0.6 is 0 Å². The molecule has 2 rings (SSSR count). The van der Waals surface area contributed by atoms with Crippen LogP contribution < -0.4 is 0 Å². The molecule has 0 aromatic carbocycles. The summed E-state index contributed by atoms with van der Waals surface area (Å²) in [7, 11) is 7.08. The first-order valence-corrected chi connectivity index (χ1v) is 9.91. The van der Waals surface area contributed by atoms with Gasteiger partial charge in [0, 0.05) is 0 Å². The molecular formula is C20H37B. The second-order valence-corrected chi connectivity index (χ2v) is 8.19. The second kappa shape index (κ2) is 8.07. The van der Waals surface area contributed by atoms with Crippen LogP contribution in [-0.4, -0.2) is 7.85 Å². The average Bonchev–Trinajstić information content (AvgIpc) is 2.79. The Hall–Kier alpha value is 0.0649. The van der Waals surface area contributed by atoms with E-state index in [0.717, 1.165) is 23.7 Å². The maximum absolute atomic E-state index is 7.08. The van der Waals surface area contributed by atoms with Crippen LogP contribution in [0.25, 0.3) is 0 Å². The number of unbranched alkanes of at least 4 members (excludes halogenated alkanes) is 1. The van der Waals surface area contributed by atoms with Crippen LogP contribution in [-0.2, 0) is 0 Å². The lowest BCUT2D eigenvalue weighted by atomic mass is 9.49. The van der Waals surface area contributed by atoms with E-state index in [1.165, 1.54) is 77.0 Å². The van der Waals surface area contributed by atoms with Crippen molar-refractivity contribution in [2.45, 2.75) is 103 Å². The van der Waals surface area contributed by atoms with Crippen molar-refractivity contribution in [2.75, 3.05) is 0 Å². The molecule has 2 fully saturated rings. The summed E-state index contributed by atoms with van der Waals surface area (Å²) in [5.74, 6) is 3.52. The van der Waals surface area contributed by atoms with Crippen LogP contribution in [0.2, 0.25) is 5.31 Å². The van der Waals surface area contributed by atoms with Crippen LogP contribution in [0.5, 0.6) is 0 Å². The zero-order chi connectivity index (χ0) is 15.3. The minimum atomic E-state index is 0.104. The van der Waals surface area contributed by atoms with Crippen LogP contribution in [0.4, 0.5) is 0 Å². The van der Waals surface area contributed by atoms with E-state index in [-0.39, 0.29) is 5.31 Å². The first-order chi connectivity index (χ1) is 10.1. The highest BCUT2D eigenvalue weighted by Crippen LogP contribution is 2.56. The van der Waals surface area contributed by atoms with Gasteiger partial charge in [0.25, 0.3) is 0 Å². The summed E-state index contributed by atoms with van der Waals surface area (Å²) in [6.07, 6.45) is 16.7. The van der Waals surface area contributed by atoms with Crippen molar-refractivity contribution >= 4 is 7.85 Å². The van der Waals surface area contributed by atoms with E-state index < -0.39 is 0 Å². The largest absolute Gasteiger partial charge is 0.0750 e. The molecule has 0 spiro atoms. The predicted octanol–water partition coefficient (Wildman–Crippen LogP) is 6.55. The fourth-order valence-corrected chi connectivity index (χ4v) is 5.63. The zero-order valence-corrected chi connectivity index (χ0v) is 14.9. The normalized spacial score (nSPS) is 37.1. The minimum absolute atomic E-state index is 0.104. The summed E-state index contributed by atoms with van der Waals surface area (Å²) in [6, 6.07) is 0. The SMILES string of the molecule is [B]C(CC)(CCCC)C1C(C)CCCC2CCCCCC21. The molecular weight excluding hydrogens is 251 g/mol. The Kier molecular flexibility index (Phi) is 6.69. The molecule has 0 N–H and O–H groups in total. The molecule has 5 atom stereocenters. The van der Waals surface area contributed by atoms with Gasteiger partial charge in [-0.15, -0.1) is 0 Å². The Labute approximate surface area is 135 Å². The fourth-order valence-electron chi connectivity index (χ4n) is 5.63. The molecule has 1 heteroatoms. The molecule has 2 saturated carbocycles. The monoisotopic (exact) mass is 288 g/mol. The molecule has 0 amide bonds. The Balaban J connectivity index is 2.24. The molecule has 0 heterocycles. The van der Waals surface area contributed by atoms with Crippen molar-refractivity contribution in [3.8, 4) is 0 Å². The molecule has 0 aliphatic heterocycles. The van der Waals surface area contributed by atoms with Gasteiger partial charge in [-0.05, 0) is 30.1 Å². The molecule has 5 unspecified atom stereocenters. The Morgan fingerprint density at radius 1 is 0.952 bits per heavy atom. The third-order valence-corrected chi connectivity index (χ3v) is 6.84. The summed E-state index contributed by atoms with van der Waals surface area (Å²) in [6.45, 7) is 7.17. The highest BCUT2D eigenvalue weighted by atomic mass is 14.5. The molecule has 2 aliphatic carbocycles. The Morgan fingerprint density at radius 2 is 1.67 bits per heavy atom. The fraction of sp³-hybridized carbons (Fsp3) is 1.00. The van der Waals surface area contributed by atoms with Crippen molar-refractivity contribution < 1.29 is 0 Å². The number of fused-ring (bicyclic) bond motifs is 1. The summed E-state index contributed by atoms with van der Waals surface area (Å²) in [4.78, 5) is 0. The van der Waals surface area contributed by atoms with E-state index in [2.05, 4.69) is 20.8 Å². The van der Waals surface area contributed by atoms with Crippen molar-refractivity contribution in [2.24, 2.45) is 23.7 Å². The quantitative estimate of drug-likeness (QED) is 0.503. The first kappa shape index (κ1) is 17.4. The van der Waals surface area contributed by atoms with Gasteiger partial charge in [-0.3, -0.25) is 0 Å². The van der Waals surface area contributed by atoms with Gasteiger partial charge in [-0.2, -0.15) is 0 Å². The van der Waals surface area contributed by atoms with Gasteiger partial charge >= 0.3 is 0 Å². The first-order valence-electron chi connectivity index (χ1n) is 9.91. The minimum Gasteiger partial charge on any atom is -0.0656 e. The highest BCUT2D eigenvalue weighted by molar-refractivity contribution is 6.15. The molecule has 0 bridgehead atoms. The molecule has 2 radical (unpaired) electrons. The topological polar surface area (TPSA) is 0 Å². The summed E-state index contributed by atoms with van der Waals surface area (Å²) in [5, 5.41) is 0.104. The van der Waals surface area contributed by atoms with Gasteiger partial charge in [-0.25, -0.2) is 0 Å². The predicted molar refractivity (Wildman–Crippen MR) is 94.8 cm³/mol. The molecule has 21 heavy (non-hydrogen) atoms. The standard InChI is InChI=1S/C20H37B/c1-4-6-15-20(21,5-2)19-16(3)11-10-13-17-12-8-7-9-14-18(17)19/h16-19H,4-15H2,1-3H3. The summed E-state index contributed by atoms with van der Waals surface area (Å²) < 4.78 is 0. The number of hydrogen-bond acceptors (Lipinski definition) is 0. The molecule has 0 nitrogen and oxygen atoms in total. The summed E-state index contributed by atoms with van der Waals surface area (Å²) >= 11 is 0. The van der Waals surface area contributed by atoms with Gasteiger partial charge in [0.1, 0.15) is 0 Å². The zero-order valence-electron chi connectivity index (χ0n) is 14.9. The molecule has 0 saturated heterocycles. The molecule has 2 aliphatic rings. The smallest absolute Gasteiger partial charge is 0.0656 e. The van der Waals surface area contributed by atoms with Crippen LogP contribution in [0.15, 0.2) is 0 Å². The summed E-state index contributed by atoms with van der Waals surface area (Å²) in [5.41, 5.74) is 0. The Morgan fingerprint density at radius 3 is 2.38 bits per heavy atom. The second-order valence-electron chi connectivity index (χ2n) is 8.19. The maximum atomic E-state index is 7.08. The lowest BCUT2D eigenvalue weighted by molar-refractivity contribution is 0.113. The molecule has 0 aromatic heterocycles. The number of hydrogen-bond donors (Lipinski definition) is 0.